The molecule has 1 aliphatic heterocycles. The van der Waals surface area contributed by atoms with Crippen LogP contribution in [0.4, 0.5) is 4.79 Å². The minimum atomic E-state index is -0.355. The number of piperidine rings is 1. The number of nitrogens with zero attached hydrogens (tertiary/aromatic N) is 1. The molecule has 0 aromatic rings. The van der Waals surface area contributed by atoms with E-state index in [0.29, 0.717) is 24.9 Å². The van der Waals surface area contributed by atoms with Gasteiger partial charge in [-0.2, -0.15) is 0 Å². The van der Waals surface area contributed by atoms with Gasteiger partial charge in [0.05, 0.1) is 24.1 Å². The number of halogens is 1. The Morgan fingerprint density at radius 3 is 2.72 bits per heavy atom. The van der Waals surface area contributed by atoms with E-state index in [-0.39, 0.29) is 24.0 Å². The lowest BCUT2D eigenvalue weighted by molar-refractivity contribution is -0.119. The number of ketones is 1. The number of hydrogen-bond acceptors (Lipinski definition) is 4. The van der Waals surface area contributed by atoms with Gasteiger partial charge in [0.2, 0.25) is 0 Å². The molecule has 1 saturated heterocycles. The van der Waals surface area contributed by atoms with Crippen molar-refractivity contribution in [3.63, 3.8) is 0 Å². The Labute approximate surface area is 116 Å². The van der Waals surface area contributed by atoms with Crippen LogP contribution in [0.15, 0.2) is 0 Å². The topological polar surface area (TPSA) is 55.8 Å². The number of alkyl halides is 1. The number of amides is 1. The molecule has 0 radical (unpaired) electrons. The summed E-state index contributed by atoms with van der Waals surface area (Å²) in [7, 11) is 1.62. The summed E-state index contributed by atoms with van der Waals surface area (Å²) in [5.41, 5.74) is 0. The van der Waals surface area contributed by atoms with Crippen LogP contribution >= 0.6 is 15.9 Å². The molecule has 1 aliphatic rings. The normalized spacial score (nSPS) is 23.8. The fourth-order valence-electron chi connectivity index (χ4n) is 2.26. The summed E-state index contributed by atoms with van der Waals surface area (Å²) in [5, 5.41) is 0.302. The fraction of sp³-hybridized carbons (Fsp3) is 0.833. The molecule has 1 rings (SSSR count). The molecule has 0 saturated carbocycles. The van der Waals surface area contributed by atoms with E-state index in [4.69, 9.17) is 9.47 Å². The molecular weight excluding hydrogens is 302 g/mol. The van der Waals surface area contributed by atoms with E-state index in [0.717, 1.165) is 12.8 Å². The molecule has 0 bridgehead atoms. The average Bonchev–Trinajstić information content (AvgIpc) is 2.38. The maximum absolute atomic E-state index is 11.9. The summed E-state index contributed by atoms with van der Waals surface area (Å²) in [4.78, 5) is 25.1. The van der Waals surface area contributed by atoms with Gasteiger partial charge < -0.3 is 14.4 Å². The third kappa shape index (κ3) is 3.95. The van der Waals surface area contributed by atoms with Gasteiger partial charge in [-0.05, 0) is 19.8 Å². The molecule has 2 unspecified atom stereocenters. The Bertz CT molecular complexity index is 298. The van der Waals surface area contributed by atoms with Gasteiger partial charge in [0.25, 0.3) is 0 Å². The summed E-state index contributed by atoms with van der Waals surface area (Å²) in [6.45, 7) is 2.74. The van der Waals surface area contributed by atoms with Gasteiger partial charge in [-0.3, -0.25) is 4.79 Å². The first-order chi connectivity index (χ1) is 8.63. The lowest BCUT2D eigenvalue weighted by Gasteiger charge is -2.39. The van der Waals surface area contributed by atoms with Gasteiger partial charge in [-0.25, -0.2) is 4.79 Å². The quantitative estimate of drug-likeness (QED) is 0.726. The Kier molecular flexibility index (Phi) is 6.63. The third-order valence-corrected chi connectivity index (χ3v) is 3.73. The van der Waals surface area contributed by atoms with E-state index in [9.17, 15) is 9.59 Å². The number of likely N-dealkylation sites (tertiary alicyclic amines) is 1. The Morgan fingerprint density at radius 1 is 1.44 bits per heavy atom. The highest BCUT2D eigenvalue weighted by Gasteiger charge is 2.36. The van der Waals surface area contributed by atoms with E-state index in [2.05, 4.69) is 15.9 Å². The van der Waals surface area contributed by atoms with Crippen LogP contribution in [0, 0.1) is 0 Å². The van der Waals surface area contributed by atoms with Gasteiger partial charge in [0, 0.05) is 20.1 Å². The van der Waals surface area contributed by atoms with Crippen LogP contribution in [0.3, 0.4) is 0 Å². The second-order valence-electron chi connectivity index (χ2n) is 4.25. The van der Waals surface area contributed by atoms with E-state index in [1.807, 2.05) is 0 Å². The van der Waals surface area contributed by atoms with Gasteiger partial charge in [0.1, 0.15) is 5.78 Å². The second kappa shape index (κ2) is 7.74. The van der Waals surface area contributed by atoms with Crippen molar-refractivity contribution in [3.8, 4) is 0 Å². The van der Waals surface area contributed by atoms with Crippen LogP contribution < -0.4 is 0 Å². The van der Waals surface area contributed by atoms with E-state index in [1.165, 1.54) is 0 Å². The molecule has 1 heterocycles. The van der Waals surface area contributed by atoms with Gasteiger partial charge in [-0.1, -0.05) is 15.9 Å². The van der Waals surface area contributed by atoms with Gasteiger partial charge in [-0.15, -0.1) is 0 Å². The van der Waals surface area contributed by atoms with Crippen molar-refractivity contribution in [2.75, 3.05) is 25.6 Å². The first-order valence-corrected chi connectivity index (χ1v) is 7.30. The maximum Gasteiger partial charge on any atom is 0.410 e. The first-order valence-electron chi connectivity index (χ1n) is 6.17. The van der Waals surface area contributed by atoms with E-state index < -0.39 is 0 Å². The number of carbonyl (C=O) groups excluding carboxylic acids is 2. The van der Waals surface area contributed by atoms with Crippen molar-refractivity contribution in [1.82, 2.24) is 4.90 Å². The van der Waals surface area contributed by atoms with Crippen molar-refractivity contribution >= 4 is 27.8 Å². The number of hydrogen-bond donors (Lipinski definition) is 0. The number of methoxy groups -OCH3 is 1. The second-order valence-corrected chi connectivity index (χ2v) is 4.81. The minimum Gasteiger partial charge on any atom is -0.450 e. The van der Waals surface area contributed by atoms with Crippen LogP contribution in [-0.2, 0) is 14.3 Å². The molecular formula is C12H20BrNO4. The van der Waals surface area contributed by atoms with E-state index >= 15 is 0 Å². The molecule has 1 fully saturated rings. The SMILES string of the molecule is CCOC(=O)N1CCCC(OC)C1CC(=O)CBr. The van der Waals surface area contributed by atoms with Crippen molar-refractivity contribution in [2.45, 2.75) is 38.3 Å². The summed E-state index contributed by atoms with van der Waals surface area (Å²) in [6, 6.07) is -0.215. The van der Waals surface area contributed by atoms with Crippen LogP contribution in [-0.4, -0.2) is 54.5 Å². The van der Waals surface area contributed by atoms with Crippen molar-refractivity contribution in [3.05, 3.63) is 0 Å². The maximum atomic E-state index is 11.9. The van der Waals surface area contributed by atoms with Crippen molar-refractivity contribution < 1.29 is 19.1 Å². The Morgan fingerprint density at radius 2 is 2.17 bits per heavy atom. The molecule has 0 aromatic heterocycles. The largest absolute Gasteiger partial charge is 0.450 e. The molecule has 2 atom stereocenters. The van der Waals surface area contributed by atoms with Gasteiger partial charge in [0.15, 0.2) is 0 Å². The van der Waals surface area contributed by atoms with Crippen molar-refractivity contribution in [1.29, 1.82) is 0 Å². The molecule has 0 spiro atoms. The molecule has 0 N–H and O–H groups in total. The number of Topliss-reactive ketones (excluding diaryl/α,β-unsaturated/α-hetero) is 1. The predicted octanol–water partition coefficient (Wildman–Crippen LogP) is 1.98. The number of ether oxygens (including phenoxy) is 2. The van der Waals surface area contributed by atoms with Gasteiger partial charge >= 0.3 is 6.09 Å². The fourth-order valence-corrected chi connectivity index (χ4v) is 2.49. The van der Waals surface area contributed by atoms with Crippen molar-refractivity contribution in [2.24, 2.45) is 0 Å². The highest BCUT2D eigenvalue weighted by Crippen LogP contribution is 2.24. The Hall–Kier alpha value is -0.620. The molecule has 5 nitrogen and oxygen atoms in total. The molecule has 0 aromatic carbocycles. The smallest absolute Gasteiger partial charge is 0.410 e. The monoisotopic (exact) mass is 321 g/mol. The first kappa shape index (κ1) is 15.4. The molecule has 18 heavy (non-hydrogen) atoms. The highest BCUT2D eigenvalue weighted by atomic mass is 79.9. The lowest BCUT2D eigenvalue weighted by Crippen LogP contribution is -2.52. The summed E-state index contributed by atoms with van der Waals surface area (Å²) < 4.78 is 10.4. The predicted molar refractivity (Wildman–Crippen MR) is 71.0 cm³/mol. The summed E-state index contributed by atoms with van der Waals surface area (Å²) in [6.07, 6.45) is 1.60. The van der Waals surface area contributed by atoms with Crippen LogP contribution in [0.1, 0.15) is 26.2 Å². The molecule has 6 heteroatoms. The van der Waals surface area contributed by atoms with Crippen LogP contribution in [0.2, 0.25) is 0 Å². The zero-order valence-corrected chi connectivity index (χ0v) is 12.4. The number of carbonyl (C=O) groups is 2. The standard InChI is InChI=1S/C12H20BrNO4/c1-3-18-12(16)14-6-4-5-11(17-2)10(14)7-9(15)8-13/h10-11H,3-8H2,1-2H3. The summed E-state index contributed by atoms with van der Waals surface area (Å²) >= 11 is 3.15. The lowest BCUT2D eigenvalue weighted by atomic mass is 9.95. The Balaban J connectivity index is 2.76. The summed E-state index contributed by atoms with van der Waals surface area (Å²) in [5.74, 6) is 0.0678. The zero-order chi connectivity index (χ0) is 13.5. The molecule has 1 amide bonds. The number of rotatable bonds is 5. The minimum absolute atomic E-state index is 0.0678. The molecule has 0 aliphatic carbocycles. The third-order valence-electron chi connectivity index (χ3n) is 3.11. The zero-order valence-electron chi connectivity index (χ0n) is 10.9. The van der Waals surface area contributed by atoms with E-state index in [1.54, 1.807) is 18.9 Å². The highest BCUT2D eigenvalue weighted by molar-refractivity contribution is 9.09. The average molecular weight is 322 g/mol. The molecule has 104 valence electrons. The van der Waals surface area contributed by atoms with Crippen LogP contribution in [0.25, 0.3) is 0 Å². The van der Waals surface area contributed by atoms with Crippen LogP contribution in [0.5, 0.6) is 0 Å².